The van der Waals surface area contributed by atoms with Crippen LogP contribution in [0.3, 0.4) is 0 Å². The highest BCUT2D eigenvalue weighted by molar-refractivity contribution is 5.91. The zero-order chi connectivity index (χ0) is 26.1. The Labute approximate surface area is 216 Å². The average Bonchev–Trinajstić information content (AvgIpc) is 3.21. The van der Waals surface area contributed by atoms with Gasteiger partial charge in [0.25, 0.3) is 0 Å². The second-order valence-corrected chi connectivity index (χ2v) is 12.5. The van der Waals surface area contributed by atoms with E-state index in [0.29, 0.717) is 55.8 Å². The molecule has 4 fully saturated rings. The number of urea groups is 1. The summed E-state index contributed by atoms with van der Waals surface area (Å²) in [5.41, 5.74) is 7.10. The van der Waals surface area contributed by atoms with Crippen molar-refractivity contribution in [2.24, 2.45) is 46.2 Å². The van der Waals surface area contributed by atoms with E-state index < -0.39 is 5.97 Å². The van der Waals surface area contributed by atoms with Gasteiger partial charge in [-0.05, 0) is 97.9 Å². The lowest BCUT2D eigenvalue weighted by Gasteiger charge is -2.58. The van der Waals surface area contributed by atoms with Gasteiger partial charge in [-0.25, -0.2) is 4.79 Å². The van der Waals surface area contributed by atoms with E-state index >= 15 is 0 Å². The summed E-state index contributed by atoms with van der Waals surface area (Å²) in [7, 11) is 0. The summed E-state index contributed by atoms with van der Waals surface area (Å²) < 4.78 is 5.00. The standard InChI is InChI=1S/C24H36O3.C5H10N2O2/c1-15(4-9-22(26)27)19-7-8-20-18-6-5-16-14-17(25)10-12-23(16,2)21(18)11-13-24(19,20)3;6-5(8)7-1-3-9-4-2-7/h14-15,18-21H,4-13H2,1-3H3,(H,26,27);1-4H2,(H2,6,8)/t15-,18+,19-,20+,21+,23+,24-;/m1./s1. The molecular weight excluding hydrogens is 456 g/mol. The topological polar surface area (TPSA) is 110 Å². The minimum Gasteiger partial charge on any atom is -0.481 e. The zero-order valence-electron chi connectivity index (χ0n) is 22.5. The summed E-state index contributed by atoms with van der Waals surface area (Å²) in [5.74, 6) is 3.22. The Morgan fingerprint density at radius 1 is 1.11 bits per heavy atom. The van der Waals surface area contributed by atoms with Crippen LogP contribution in [0.4, 0.5) is 4.79 Å². The maximum atomic E-state index is 12.0. The molecule has 0 bridgehead atoms. The van der Waals surface area contributed by atoms with Gasteiger partial charge in [0, 0.05) is 25.9 Å². The lowest BCUT2D eigenvalue weighted by atomic mass is 9.46. The quantitative estimate of drug-likeness (QED) is 0.560. The highest BCUT2D eigenvalue weighted by Gasteiger charge is 2.59. The first kappa shape index (κ1) is 27.2. The second-order valence-electron chi connectivity index (χ2n) is 12.5. The molecule has 1 aliphatic heterocycles. The summed E-state index contributed by atoms with van der Waals surface area (Å²) >= 11 is 0. The number of primary amides is 1. The van der Waals surface area contributed by atoms with Crippen molar-refractivity contribution in [2.45, 2.75) is 85.0 Å². The Morgan fingerprint density at radius 2 is 1.83 bits per heavy atom. The number of amides is 2. The number of hydrogen-bond donors (Lipinski definition) is 2. The summed E-state index contributed by atoms with van der Waals surface area (Å²) in [6.07, 6.45) is 12.5. The van der Waals surface area contributed by atoms with Crippen LogP contribution < -0.4 is 5.73 Å². The van der Waals surface area contributed by atoms with Crippen LogP contribution in [-0.4, -0.2) is 54.1 Å². The fourth-order valence-corrected chi connectivity index (χ4v) is 8.87. The van der Waals surface area contributed by atoms with Gasteiger partial charge in [0.05, 0.1) is 13.2 Å². The number of allylic oxidation sites excluding steroid dienone is 1. The minimum atomic E-state index is -0.656. The van der Waals surface area contributed by atoms with Crippen molar-refractivity contribution in [1.29, 1.82) is 0 Å². The van der Waals surface area contributed by atoms with Gasteiger partial charge >= 0.3 is 12.0 Å². The van der Waals surface area contributed by atoms with E-state index in [0.717, 1.165) is 43.4 Å². The van der Waals surface area contributed by atoms with Gasteiger partial charge in [0.2, 0.25) is 0 Å². The van der Waals surface area contributed by atoms with Crippen LogP contribution in [0.5, 0.6) is 0 Å². The molecule has 0 unspecified atom stereocenters. The Bertz CT molecular complexity index is 881. The molecule has 36 heavy (non-hydrogen) atoms. The molecule has 3 N–H and O–H groups in total. The maximum absolute atomic E-state index is 12.0. The van der Waals surface area contributed by atoms with Crippen LogP contribution in [0.2, 0.25) is 0 Å². The number of carboxylic acid groups (broad SMARTS) is 1. The van der Waals surface area contributed by atoms with Gasteiger partial charge in [0.15, 0.2) is 5.78 Å². The van der Waals surface area contributed by atoms with Crippen LogP contribution in [0, 0.1) is 40.4 Å². The lowest BCUT2D eigenvalue weighted by molar-refractivity contribution is -0.137. The molecule has 0 aromatic carbocycles. The van der Waals surface area contributed by atoms with Crippen molar-refractivity contribution in [3.05, 3.63) is 11.6 Å². The van der Waals surface area contributed by atoms with E-state index in [2.05, 4.69) is 20.8 Å². The molecular formula is C29H46N2O5. The van der Waals surface area contributed by atoms with E-state index in [9.17, 15) is 14.4 Å². The number of rotatable bonds is 4. The first-order valence-electron chi connectivity index (χ1n) is 14.1. The number of carboxylic acids is 1. The van der Waals surface area contributed by atoms with Crippen molar-refractivity contribution >= 4 is 17.8 Å². The summed E-state index contributed by atoms with van der Waals surface area (Å²) in [4.78, 5) is 35.0. The molecule has 1 saturated heterocycles. The monoisotopic (exact) mass is 502 g/mol. The Hall–Kier alpha value is -1.89. The molecule has 2 amide bonds. The average molecular weight is 503 g/mol. The number of fused-ring (bicyclic) bond motifs is 5. The summed E-state index contributed by atoms with van der Waals surface area (Å²) in [6.45, 7) is 9.77. The highest BCUT2D eigenvalue weighted by Crippen LogP contribution is 2.67. The normalized spacial score (nSPS) is 38.5. The molecule has 0 spiro atoms. The van der Waals surface area contributed by atoms with E-state index in [1.54, 1.807) is 4.90 Å². The van der Waals surface area contributed by atoms with Crippen LogP contribution in [0.1, 0.15) is 85.0 Å². The third kappa shape index (κ3) is 5.23. The number of morpholine rings is 1. The molecule has 7 atom stereocenters. The highest BCUT2D eigenvalue weighted by atomic mass is 16.5. The molecule has 4 aliphatic carbocycles. The second kappa shape index (κ2) is 10.8. The van der Waals surface area contributed by atoms with Crippen molar-refractivity contribution in [2.75, 3.05) is 26.3 Å². The van der Waals surface area contributed by atoms with Crippen LogP contribution in [0.25, 0.3) is 0 Å². The lowest BCUT2D eigenvalue weighted by Crippen LogP contribution is -2.51. The fraction of sp³-hybridized carbons (Fsp3) is 0.828. The zero-order valence-corrected chi connectivity index (χ0v) is 22.5. The van der Waals surface area contributed by atoms with Gasteiger partial charge in [-0.15, -0.1) is 0 Å². The summed E-state index contributed by atoms with van der Waals surface area (Å²) in [5, 5.41) is 9.08. The van der Waals surface area contributed by atoms with Gasteiger partial charge in [0.1, 0.15) is 0 Å². The molecule has 1 heterocycles. The molecule has 0 radical (unpaired) electrons. The largest absolute Gasteiger partial charge is 0.481 e. The number of nitrogens with two attached hydrogens (primary N) is 1. The van der Waals surface area contributed by atoms with Gasteiger partial charge in [-0.3, -0.25) is 9.59 Å². The predicted octanol–water partition coefficient (Wildman–Crippen LogP) is 5.03. The van der Waals surface area contributed by atoms with Crippen LogP contribution in [0.15, 0.2) is 11.6 Å². The fourth-order valence-electron chi connectivity index (χ4n) is 8.87. The van der Waals surface area contributed by atoms with Gasteiger partial charge in [-0.2, -0.15) is 0 Å². The van der Waals surface area contributed by atoms with E-state index in [-0.39, 0.29) is 11.4 Å². The SMILES string of the molecule is C[C@H](CCC(=O)O)[C@H]1CC[C@H]2[C@@H]3CCC4=CC(=O)CC[C@]4(C)[C@H]3CC[C@]12C.NC(=O)N1CCOCC1. The van der Waals surface area contributed by atoms with Crippen LogP contribution in [-0.2, 0) is 14.3 Å². The molecule has 0 aromatic rings. The summed E-state index contributed by atoms with van der Waals surface area (Å²) in [6, 6.07) is -0.349. The number of ketones is 1. The number of ether oxygens (including phenoxy) is 1. The molecule has 3 saturated carbocycles. The number of hydrogen-bond acceptors (Lipinski definition) is 4. The number of nitrogens with zero attached hydrogens (tertiary/aromatic N) is 1. The third-order valence-electron chi connectivity index (χ3n) is 10.9. The van der Waals surface area contributed by atoms with Gasteiger partial charge < -0.3 is 20.5 Å². The third-order valence-corrected chi connectivity index (χ3v) is 10.9. The number of carbonyl (C=O) groups excluding carboxylic acids is 2. The maximum Gasteiger partial charge on any atom is 0.314 e. The van der Waals surface area contributed by atoms with E-state index in [1.165, 1.54) is 37.7 Å². The number of aliphatic carboxylic acids is 1. The molecule has 202 valence electrons. The molecule has 5 rings (SSSR count). The van der Waals surface area contributed by atoms with Crippen molar-refractivity contribution in [1.82, 2.24) is 4.90 Å². The predicted molar refractivity (Wildman–Crippen MR) is 138 cm³/mol. The Balaban J connectivity index is 0.000000286. The van der Waals surface area contributed by atoms with Crippen molar-refractivity contribution < 1.29 is 24.2 Å². The van der Waals surface area contributed by atoms with Crippen LogP contribution >= 0.6 is 0 Å². The first-order valence-corrected chi connectivity index (χ1v) is 14.1. The van der Waals surface area contributed by atoms with E-state index in [1.807, 2.05) is 6.08 Å². The molecule has 7 nitrogen and oxygen atoms in total. The molecule has 7 heteroatoms. The first-order chi connectivity index (χ1) is 17.1. The van der Waals surface area contributed by atoms with Crippen molar-refractivity contribution in [3.8, 4) is 0 Å². The van der Waals surface area contributed by atoms with E-state index in [4.69, 9.17) is 15.6 Å². The van der Waals surface area contributed by atoms with Crippen molar-refractivity contribution in [3.63, 3.8) is 0 Å². The molecule has 0 aromatic heterocycles. The molecule has 5 aliphatic rings. The Morgan fingerprint density at radius 3 is 2.47 bits per heavy atom. The number of carbonyl (C=O) groups is 3. The Kier molecular flexibility index (Phi) is 8.18. The minimum absolute atomic E-state index is 0.255. The smallest absolute Gasteiger partial charge is 0.314 e. The van der Waals surface area contributed by atoms with Gasteiger partial charge in [-0.1, -0.05) is 26.3 Å².